The number of fused-ring (bicyclic) bond motifs is 1. The Labute approximate surface area is 133 Å². The van der Waals surface area contributed by atoms with Gasteiger partial charge < -0.3 is 4.90 Å². The highest BCUT2D eigenvalue weighted by Crippen LogP contribution is 2.45. The number of thioether (sulfide) groups is 1. The van der Waals surface area contributed by atoms with E-state index in [0.29, 0.717) is 0 Å². The van der Waals surface area contributed by atoms with Crippen LogP contribution in [0.2, 0.25) is 0 Å². The first kappa shape index (κ1) is 14.1. The van der Waals surface area contributed by atoms with Gasteiger partial charge in [-0.1, -0.05) is 37.5 Å². The summed E-state index contributed by atoms with van der Waals surface area (Å²) < 4.78 is 0. The fourth-order valence-electron chi connectivity index (χ4n) is 4.70. The third kappa shape index (κ3) is 2.90. The zero-order valence-electron chi connectivity index (χ0n) is 13.0. The van der Waals surface area contributed by atoms with E-state index in [1.165, 1.54) is 75.2 Å². The highest BCUT2D eigenvalue weighted by Gasteiger charge is 2.36. The van der Waals surface area contributed by atoms with E-state index in [4.69, 9.17) is 0 Å². The van der Waals surface area contributed by atoms with Gasteiger partial charge in [0, 0.05) is 23.1 Å². The Morgan fingerprint density at radius 3 is 2.57 bits per heavy atom. The van der Waals surface area contributed by atoms with Crippen LogP contribution in [0, 0.1) is 5.41 Å². The van der Waals surface area contributed by atoms with Gasteiger partial charge in [0.15, 0.2) is 0 Å². The van der Waals surface area contributed by atoms with Crippen molar-refractivity contribution in [2.75, 3.05) is 25.4 Å². The Morgan fingerprint density at radius 2 is 1.76 bits per heavy atom. The van der Waals surface area contributed by atoms with Gasteiger partial charge in [-0.2, -0.15) is 0 Å². The van der Waals surface area contributed by atoms with Gasteiger partial charge in [-0.15, -0.1) is 11.8 Å². The largest absolute Gasteiger partial charge is 0.303 e. The lowest BCUT2D eigenvalue weighted by Crippen LogP contribution is -2.42. The first-order valence-electron chi connectivity index (χ1n) is 8.79. The molecule has 1 atom stereocenters. The molecule has 0 radical (unpaired) electrons. The number of likely N-dealkylation sites (tertiary alicyclic amines) is 1. The van der Waals surface area contributed by atoms with E-state index in [2.05, 4.69) is 40.9 Å². The molecule has 1 saturated heterocycles. The molecule has 1 nitrogen and oxygen atoms in total. The second-order valence-electron chi connectivity index (χ2n) is 7.41. The Bertz CT molecular complexity index is 482. The molecule has 1 aliphatic carbocycles. The molecule has 4 rings (SSSR count). The van der Waals surface area contributed by atoms with Gasteiger partial charge in [0.2, 0.25) is 0 Å². The Morgan fingerprint density at radius 1 is 1.00 bits per heavy atom. The maximum atomic E-state index is 2.76. The number of benzene rings is 1. The van der Waals surface area contributed by atoms with Crippen LogP contribution >= 0.6 is 11.8 Å². The van der Waals surface area contributed by atoms with Gasteiger partial charge in [0.1, 0.15) is 0 Å². The monoisotopic (exact) mass is 301 g/mol. The van der Waals surface area contributed by atoms with Crippen molar-refractivity contribution in [2.45, 2.75) is 55.8 Å². The Kier molecular flexibility index (Phi) is 4.02. The van der Waals surface area contributed by atoms with Crippen molar-refractivity contribution in [2.24, 2.45) is 5.41 Å². The van der Waals surface area contributed by atoms with Crippen LogP contribution in [0.3, 0.4) is 0 Å². The van der Waals surface area contributed by atoms with Crippen LogP contribution in [0.25, 0.3) is 0 Å². The smallest absolute Gasteiger partial charge is 0.0108 e. The van der Waals surface area contributed by atoms with E-state index in [1.807, 2.05) is 0 Å². The van der Waals surface area contributed by atoms with E-state index in [9.17, 15) is 0 Å². The second kappa shape index (κ2) is 5.96. The second-order valence-corrected chi connectivity index (χ2v) is 8.47. The molecule has 0 aromatic heterocycles. The summed E-state index contributed by atoms with van der Waals surface area (Å²) in [5.41, 5.74) is 2.36. The highest BCUT2D eigenvalue weighted by molar-refractivity contribution is 7.99. The molecule has 2 heteroatoms. The zero-order chi connectivity index (χ0) is 14.1. The third-order valence-electron chi connectivity index (χ3n) is 6.11. The number of hydrogen-bond acceptors (Lipinski definition) is 2. The van der Waals surface area contributed by atoms with Crippen molar-refractivity contribution in [1.29, 1.82) is 0 Å². The van der Waals surface area contributed by atoms with E-state index in [-0.39, 0.29) is 0 Å². The molecule has 2 aliphatic heterocycles. The Hall–Kier alpha value is -0.470. The molecule has 114 valence electrons. The maximum absolute atomic E-state index is 2.76. The van der Waals surface area contributed by atoms with Gasteiger partial charge in [-0.3, -0.25) is 0 Å². The van der Waals surface area contributed by atoms with Crippen LogP contribution in [0.1, 0.15) is 56.4 Å². The fourth-order valence-corrected chi connectivity index (χ4v) is 5.95. The average molecular weight is 301 g/mol. The molecule has 21 heavy (non-hydrogen) atoms. The summed E-state index contributed by atoms with van der Waals surface area (Å²) in [5, 5.41) is 0. The van der Waals surface area contributed by atoms with E-state index < -0.39 is 0 Å². The number of hydrogen-bond donors (Lipinski definition) is 0. The van der Waals surface area contributed by atoms with Crippen molar-refractivity contribution < 1.29 is 0 Å². The van der Waals surface area contributed by atoms with Gasteiger partial charge >= 0.3 is 0 Å². The minimum atomic E-state index is 0.747. The van der Waals surface area contributed by atoms with Crippen LogP contribution in [-0.2, 0) is 0 Å². The summed E-state index contributed by atoms with van der Waals surface area (Å²) in [6.45, 7) is 3.99. The minimum absolute atomic E-state index is 0.747. The molecule has 1 spiro atoms. The summed E-state index contributed by atoms with van der Waals surface area (Å²) >= 11 is 2.06. The molecule has 0 N–H and O–H groups in total. The molecule has 1 aromatic rings. The Balaban J connectivity index is 1.35. The lowest BCUT2D eigenvalue weighted by Gasteiger charge is -2.44. The van der Waals surface area contributed by atoms with Crippen LogP contribution in [-0.4, -0.2) is 30.3 Å². The van der Waals surface area contributed by atoms with Crippen LogP contribution in [0.15, 0.2) is 29.2 Å². The van der Waals surface area contributed by atoms with E-state index >= 15 is 0 Å². The topological polar surface area (TPSA) is 3.24 Å². The molecule has 3 aliphatic rings. The highest BCUT2D eigenvalue weighted by atomic mass is 32.2. The number of piperidine rings is 1. The first-order valence-corrected chi connectivity index (χ1v) is 9.77. The molecule has 1 unspecified atom stereocenters. The SMILES string of the molecule is c1ccc2c(c1)SCC2CN1CCC2(CCCCC2)CC1. The molecule has 1 aromatic carbocycles. The summed E-state index contributed by atoms with van der Waals surface area (Å²) in [5.74, 6) is 2.06. The number of nitrogens with zero attached hydrogens (tertiary/aromatic N) is 1. The van der Waals surface area contributed by atoms with Crippen LogP contribution < -0.4 is 0 Å². The van der Waals surface area contributed by atoms with E-state index in [1.54, 1.807) is 5.56 Å². The van der Waals surface area contributed by atoms with Gasteiger partial charge in [-0.25, -0.2) is 0 Å². The van der Waals surface area contributed by atoms with Gasteiger partial charge in [-0.05, 0) is 55.8 Å². The van der Waals surface area contributed by atoms with Crippen LogP contribution in [0.4, 0.5) is 0 Å². The summed E-state index contributed by atoms with van der Waals surface area (Å²) in [7, 11) is 0. The molecule has 0 bridgehead atoms. The normalized spacial score (nSPS) is 28.7. The van der Waals surface area contributed by atoms with Gasteiger partial charge in [0.05, 0.1) is 0 Å². The predicted molar refractivity (Wildman–Crippen MR) is 91.1 cm³/mol. The molecule has 1 saturated carbocycles. The molecular formula is C19H27NS. The predicted octanol–water partition coefficient (Wildman–Crippen LogP) is 4.92. The first-order chi connectivity index (χ1) is 10.3. The standard InChI is InChI=1S/C19H27NS/c1-4-8-19(9-5-1)10-12-20(13-11-19)14-16-15-21-18-7-3-2-6-17(16)18/h2-3,6-7,16H,1,4-5,8-15H2. The van der Waals surface area contributed by atoms with Crippen molar-refractivity contribution in [3.8, 4) is 0 Å². The zero-order valence-corrected chi connectivity index (χ0v) is 13.8. The third-order valence-corrected chi connectivity index (χ3v) is 7.36. The molecule has 2 heterocycles. The molecule has 2 fully saturated rings. The number of rotatable bonds is 2. The lowest BCUT2D eigenvalue weighted by atomic mass is 9.68. The van der Waals surface area contributed by atoms with Crippen molar-refractivity contribution in [1.82, 2.24) is 4.90 Å². The van der Waals surface area contributed by atoms with Crippen molar-refractivity contribution >= 4 is 11.8 Å². The van der Waals surface area contributed by atoms with Crippen molar-refractivity contribution in [3.63, 3.8) is 0 Å². The van der Waals surface area contributed by atoms with Crippen LogP contribution in [0.5, 0.6) is 0 Å². The van der Waals surface area contributed by atoms with Crippen molar-refractivity contribution in [3.05, 3.63) is 29.8 Å². The minimum Gasteiger partial charge on any atom is -0.303 e. The molecule has 0 amide bonds. The molecular weight excluding hydrogens is 274 g/mol. The summed E-state index contributed by atoms with van der Waals surface area (Å²) in [6, 6.07) is 9.05. The fraction of sp³-hybridized carbons (Fsp3) is 0.684. The maximum Gasteiger partial charge on any atom is 0.0108 e. The summed E-state index contributed by atoms with van der Waals surface area (Å²) in [6.07, 6.45) is 10.4. The average Bonchev–Trinajstić information content (AvgIpc) is 2.94. The lowest BCUT2D eigenvalue weighted by molar-refractivity contribution is 0.0657. The quantitative estimate of drug-likeness (QED) is 0.762. The van der Waals surface area contributed by atoms with E-state index in [0.717, 1.165) is 11.3 Å². The van der Waals surface area contributed by atoms with Gasteiger partial charge in [0.25, 0.3) is 0 Å². The summed E-state index contributed by atoms with van der Waals surface area (Å²) in [4.78, 5) is 4.29.